The topological polar surface area (TPSA) is 12.9 Å². The number of pyridine rings is 1. The summed E-state index contributed by atoms with van der Waals surface area (Å²) < 4.78 is 0. The van der Waals surface area contributed by atoms with E-state index < -0.39 is 0 Å². The van der Waals surface area contributed by atoms with E-state index in [1.807, 2.05) is 24.4 Å². The van der Waals surface area contributed by atoms with Crippen molar-refractivity contribution in [2.24, 2.45) is 0 Å². The molecule has 0 N–H and O–H groups in total. The van der Waals surface area contributed by atoms with E-state index in [9.17, 15) is 0 Å². The lowest BCUT2D eigenvalue weighted by molar-refractivity contribution is 1.32. The van der Waals surface area contributed by atoms with Crippen LogP contribution in [-0.4, -0.2) is 4.98 Å². The van der Waals surface area contributed by atoms with Gasteiger partial charge in [0.1, 0.15) is 0 Å². The van der Waals surface area contributed by atoms with Crippen molar-refractivity contribution in [1.82, 2.24) is 4.98 Å². The minimum atomic E-state index is 1.00. The van der Waals surface area contributed by atoms with Crippen LogP contribution in [0.3, 0.4) is 0 Å². The molecule has 0 bridgehead atoms. The van der Waals surface area contributed by atoms with E-state index in [4.69, 9.17) is 0 Å². The van der Waals surface area contributed by atoms with Gasteiger partial charge in [0, 0.05) is 17.3 Å². The normalized spacial score (nSPS) is 10.7. The Morgan fingerprint density at radius 2 is 1.08 bits per heavy atom. The first-order valence-corrected chi connectivity index (χ1v) is 8.90. The molecular weight excluding hydrogens is 314 g/mol. The summed E-state index contributed by atoms with van der Waals surface area (Å²) in [6, 6.07) is 29.9. The fourth-order valence-electron chi connectivity index (χ4n) is 3.34. The molecule has 1 aromatic heterocycles. The Morgan fingerprint density at radius 3 is 1.65 bits per heavy atom. The molecule has 0 aliphatic rings. The van der Waals surface area contributed by atoms with Crippen molar-refractivity contribution in [3.8, 4) is 33.5 Å². The van der Waals surface area contributed by atoms with Gasteiger partial charge in [0.2, 0.25) is 0 Å². The summed E-state index contributed by atoms with van der Waals surface area (Å²) in [6.45, 7) is 4.29. The van der Waals surface area contributed by atoms with E-state index in [1.165, 1.54) is 27.8 Å². The van der Waals surface area contributed by atoms with Gasteiger partial charge in [-0.15, -0.1) is 0 Å². The third-order valence-corrected chi connectivity index (χ3v) is 4.61. The molecule has 0 atom stereocenters. The lowest BCUT2D eigenvalue weighted by Crippen LogP contribution is -1.86. The number of nitrogens with zero attached hydrogens (tertiary/aromatic N) is 1. The molecule has 1 nitrogen and oxygen atoms in total. The number of rotatable bonds is 3. The Labute approximate surface area is 155 Å². The highest BCUT2D eigenvalue weighted by molar-refractivity contribution is 5.72. The zero-order chi connectivity index (χ0) is 17.9. The van der Waals surface area contributed by atoms with Gasteiger partial charge < -0.3 is 0 Å². The van der Waals surface area contributed by atoms with Crippen LogP contribution in [0.25, 0.3) is 33.5 Å². The van der Waals surface area contributed by atoms with Crippen LogP contribution in [0.1, 0.15) is 11.1 Å². The smallest absolute Gasteiger partial charge is 0.0702 e. The maximum absolute atomic E-state index is 4.63. The van der Waals surface area contributed by atoms with E-state index >= 15 is 0 Å². The molecule has 0 spiro atoms. The van der Waals surface area contributed by atoms with Crippen molar-refractivity contribution in [3.05, 3.63) is 102 Å². The molecule has 4 aromatic rings. The first-order valence-electron chi connectivity index (χ1n) is 8.90. The van der Waals surface area contributed by atoms with Crippen LogP contribution in [0, 0.1) is 13.8 Å². The molecule has 0 aliphatic heterocycles. The zero-order valence-corrected chi connectivity index (χ0v) is 15.1. The van der Waals surface area contributed by atoms with Crippen molar-refractivity contribution >= 4 is 0 Å². The standard InChI is InChI=1S/C25H21N/c1-18-14-19(2)16-24(15-18)21-10-8-20(9-11-21)23-12-13-25(26-17-23)22-6-4-3-5-7-22/h3-17H,1-2H3. The second-order valence-corrected chi connectivity index (χ2v) is 6.75. The molecule has 0 saturated carbocycles. The van der Waals surface area contributed by atoms with Crippen LogP contribution in [0.5, 0.6) is 0 Å². The van der Waals surface area contributed by atoms with Crippen LogP contribution in [-0.2, 0) is 0 Å². The molecule has 0 radical (unpaired) electrons. The number of hydrogen-bond donors (Lipinski definition) is 0. The largest absolute Gasteiger partial charge is 0.256 e. The number of aryl methyl sites for hydroxylation is 2. The van der Waals surface area contributed by atoms with Gasteiger partial charge in [0.15, 0.2) is 0 Å². The minimum Gasteiger partial charge on any atom is -0.256 e. The van der Waals surface area contributed by atoms with Crippen LogP contribution < -0.4 is 0 Å². The van der Waals surface area contributed by atoms with E-state index in [2.05, 4.69) is 85.6 Å². The van der Waals surface area contributed by atoms with E-state index in [-0.39, 0.29) is 0 Å². The molecule has 4 rings (SSSR count). The Bertz CT molecular complexity index is 994. The van der Waals surface area contributed by atoms with Gasteiger partial charge in [-0.05, 0) is 36.6 Å². The van der Waals surface area contributed by atoms with Crippen molar-refractivity contribution in [2.45, 2.75) is 13.8 Å². The van der Waals surface area contributed by atoms with Crippen LogP contribution in [0.15, 0.2) is 91.1 Å². The van der Waals surface area contributed by atoms with Gasteiger partial charge >= 0.3 is 0 Å². The molecule has 3 aromatic carbocycles. The summed E-state index contributed by atoms with van der Waals surface area (Å²) in [5, 5.41) is 0. The molecule has 26 heavy (non-hydrogen) atoms. The summed E-state index contributed by atoms with van der Waals surface area (Å²) in [4.78, 5) is 4.63. The van der Waals surface area contributed by atoms with Gasteiger partial charge in [-0.2, -0.15) is 0 Å². The Balaban J connectivity index is 1.61. The summed E-state index contributed by atoms with van der Waals surface area (Å²) in [5.41, 5.74) is 9.57. The SMILES string of the molecule is Cc1cc(C)cc(-c2ccc(-c3ccc(-c4ccccc4)nc3)cc2)c1. The molecule has 0 fully saturated rings. The zero-order valence-electron chi connectivity index (χ0n) is 15.1. The third kappa shape index (κ3) is 3.43. The lowest BCUT2D eigenvalue weighted by Gasteiger charge is -2.08. The van der Waals surface area contributed by atoms with Gasteiger partial charge in [-0.1, -0.05) is 90.0 Å². The van der Waals surface area contributed by atoms with Gasteiger partial charge in [-0.25, -0.2) is 0 Å². The van der Waals surface area contributed by atoms with Crippen molar-refractivity contribution < 1.29 is 0 Å². The first-order chi connectivity index (χ1) is 12.7. The van der Waals surface area contributed by atoms with E-state index in [0.29, 0.717) is 0 Å². The average Bonchev–Trinajstić information content (AvgIpc) is 2.68. The predicted octanol–water partition coefficient (Wildman–Crippen LogP) is 6.70. The second-order valence-electron chi connectivity index (χ2n) is 6.75. The molecule has 0 aliphatic carbocycles. The summed E-state index contributed by atoms with van der Waals surface area (Å²) in [7, 11) is 0. The molecule has 126 valence electrons. The molecular formula is C25H21N. The highest BCUT2D eigenvalue weighted by atomic mass is 14.7. The van der Waals surface area contributed by atoms with Crippen molar-refractivity contribution in [1.29, 1.82) is 0 Å². The van der Waals surface area contributed by atoms with Gasteiger partial charge in [-0.3, -0.25) is 4.98 Å². The highest BCUT2D eigenvalue weighted by Crippen LogP contribution is 2.27. The van der Waals surface area contributed by atoms with Crippen LogP contribution >= 0.6 is 0 Å². The van der Waals surface area contributed by atoms with Gasteiger partial charge in [0.25, 0.3) is 0 Å². The van der Waals surface area contributed by atoms with Crippen LogP contribution in [0.2, 0.25) is 0 Å². The number of aromatic nitrogens is 1. The molecule has 0 amide bonds. The molecule has 1 heterocycles. The maximum Gasteiger partial charge on any atom is 0.0702 e. The Hall–Kier alpha value is -3.19. The lowest BCUT2D eigenvalue weighted by atomic mass is 9.98. The Kier molecular flexibility index (Phi) is 4.37. The number of hydrogen-bond acceptors (Lipinski definition) is 1. The molecule has 0 unspecified atom stereocenters. The second kappa shape index (κ2) is 6.97. The Morgan fingerprint density at radius 1 is 0.500 bits per heavy atom. The summed E-state index contributed by atoms with van der Waals surface area (Å²) in [6.07, 6.45) is 1.95. The van der Waals surface area contributed by atoms with Crippen molar-refractivity contribution in [3.63, 3.8) is 0 Å². The van der Waals surface area contributed by atoms with E-state index in [1.54, 1.807) is 0 Å². The fraction of sp³-hybridized carbons (Fsp3) is 0.0800. The maximum atomic E-state index is 4.63. The molecule has 0 saturated heterocycles. The monoisotopic (exact) mass is 335 g/mol. The summed E-state index contributed by atoms with van der Waals surface area (Å²) in [5.74, 6) is 0. The quantitative estimate of drug-likeness (QED) is 0.406. The fourth-order valence-corrected chi connectivity index (χ4v) is 3.34. The first kappa shape index (κ1) is 16.3. The van der Waals surface area contributed by atoms with Crippen molar-refractivity contribution in [2.75, 3.05) is 0 Å². The van der Waals surface area contributed by atoms with E-state index in [0.717, 1.165) is 16.8 Å². The highest BCUT2D eigenvalue weighted by Gasteiger charge is 2.04. The molecule has 1 heteroatoms. The summed E-state index contributed by atoms with van der Waals surface area (Å²) >= 11 is 0. The van der Waals surface area contributed by atoms with Gasteiger partial charge in [0.05, 0.1) is 5.69 Å². The average molecular weight is 335 g/mol. The predicted molar refractivity (Wildman–Crippen MR) is 110 cm³/mol. The number of benzene rings is 3. The minimum absolute atomic E-state index is 1.00. The third-order valence-electron chi connectivity index (χ3n) is 4.61. The van der Waals surface area contributed by atoms with Crippen LogP contribution in [0.4, 0.5) is 0 Å².